The molecule has 0 saturated carbocycles. The summed E-state index contributed by atoms with van der Waals surface area (Å²) in [7, 11) is 0. The number of Topliss-reactive ketones (excluding diaryl/α,β-unsaturated/α-hetero) is 1. The van der Waals surface area contributed by atoms with E-state index in [0.29, 0.717) is 17.8 Å². The molecule has 0 aromatic carbocycles. The Morgan fingerprint density at radius 2 is 2.38 bits per heavy atom. The minimum Gasteiger partial charge on any atom is -0.300 e. The number of rotatable bonds is 2. The predicted molar refractivity (Wildman–Crippen MR) is 43.0 cm³/mol. The van der Waals surface area contributed by atoms with E-state index in [1.165, 1.54) is 11.6 Å². The van der Waals surface area contributed by atoms with Crippen LogP contribution in [0.1, 0.15) is 12.6 Å². The van der Waals surface area contributed by atoms with Gasteiger partial charge in [-0.15, -0.1) is 9.73 Å². The standard InChI is InChI=1S/C7H7N5O/c1-5(13)4-6-2-3-7-8-10-11-12(7)9-6/h2-3H,4H2,1H3. The zero-order valence-electron chi connectivity index (χ0n) is 7.01. The first-order valence-electron chi connectivity index (χ1n) is 3.79. The van der Waals surface area contributed by atoms with Crippen LogP contribution in [0.3, 0.4) is 0 Å². The van der Waals surface area contributed by atoms with Gasteiger partial charge in [-0.1, -0.05) is 0 Å². The van der Waals surface area contributed by atoms with Crippen molar-refractivity contribution in [1.29, 1.82) is 0 Å². The largest absolute Gasteiger partial charge is 0.300 e. The Morgan fingerprint density at radius 1 is 1.54 bits per heavy atom. The smallest absolute Gasteiger partial charge is 0.199 e. The molecule has 0 aliphatic rings. The topological polar surface area (TPSA) is 73.0 Å². The number of hydrogen-bond donors (Lipinski definition) is 0. The second-order valence-corrected chi connectivity index (χ2v) is 2.73. The van der Waals surface area contributed by atoms with Crippen LogP contribution < -0.4 is 0 Å². The third kappa shape index (κ3) is 1.51. The van der Waals surface area contributed by atoms with Crippen LogP contribution in [0.2, 0.25) is 0 Å². The van der Waals surface area contributed by atoms with E-state index in [1.807, 2.05) is 0 Å². The lowest BCUT2D eigenvalue weighted by molar-refractivity contribution is -0.116. The van der Waals surface area contributed by atoms with E-state index >= 15 is 0 Å². The molecule has 6 heteroatoms. The van der Waals surface area contributed by atoms with Crippen LogP contribution in [0.15, 0.2) is 12.1 Å². The second-order valence-electron chi connectivity index (χ2n) is 2.73. The maximum atomic E-state index is 10.8. The lowest BCUT2D eigenvalue weighted by Crippen LogP contribution is -2.03. The minimum atomic E-state index is 0.0694. The van der Waals surface area contributed by atoms with Crippen LogP contribution in [0.25, 0.3) is 5.65 Å². The molecule has 0 N–H and O–H groups in total. The van der Waals surface area contributed by atoms with Gasteiger partial charge in [-0.05, 0) is 29.5 Å². The lowest BCUT2D eigenvalue weighted by Gasteiger charge is -1.95. The summed E-state index contributed by atoms with van der Waals surface area (Å²) in [6.07, 6.45) is 0.315. The molecule has 0 aliphatic heterocycles. The maximum absolute atomic E-state index is 10.8. The molecule has 2 aromatic rings. The zero-order chi connectivity index (χ0) is 9.26. The van der Waals surface area contributed by atoms with E-state index in [4.69, 9.17) is 0 Å². The Kier molecular flexibility index (Phi) is 1.73. The summed E-state index contributed by atoms with van der Waals surface area (Å²) in [5.41, 5.74) is 1.25. The summed E-state index contributed by atoms with van der Waals surface area (Å²) in [5.74, 6) is 0.0694. The van der Waals surface area contributed by atoms with Gasteiger partial charge in [0.25, 0.3) is 0 Å². The molecular formula is C7H7N5O. The molecule has 0 spiro atoms. The van der Waals surface area contributed by atoms with Crippen molar-refractivity contribution >= 4 is 11.4 Å². The number of nitrogens with zero attached hydrogens (tertiary/aromatic N) is 5. The third-order valence-corrected chi connectivity index (χ3v) is 1.55. The maximum Gasteiger partial charge on any atom is 0.199 e. The molecule has 0 unspecified atom stereocenters. The van der Waals surface area contributed by atoms with E-state index < -0.39 is 0 Å². The normalized spacial score (nSPS) is 10.5. The number of fused-ring (bicyclic) bond motifs is 1. The molecule has 0 fully saturated rings. The Morgan fingerprint density at radius 3 is 3.15 bits per heavy atom. The van der Waals surface area contributed by atoms with Gasteiger partial charge in [-0.3, -0.25) is 4.79 Å². The Balaban J connectivity index is 2.42. The van der Waals surface area contributed by atoms with Gasteiger partial charge in [0.2, 0.25) is 0 Å². The summed E-state index contributed by atoms with van der Waals surface area (Å²) in [5, 5.41) is 14.8. The first-order valence-corrected chi connectivity index (χ1v) is 3.79. The highest BCUT2D eigenvalue weighted by Gasteiger charge is 2.02. The fourth-order valence-corrected chi connectivity index (χ4v) is 1.04. The van der Waals surface area contributed by atoms with Crippen molar-refractivity contribution in [2.45, 2.75) is 13.3 Å². The summed E-state index contributed by atoms with van der Waals surface area (Å²) >= 11 is 0. The molecule has 2 aromatic heterocycles. The molecule has 0 saturated heterocycles. The van der Waals surface area contributed by atoms with Crippen LogP contribution in [0.4, 0.5) is 0 Å². The Hall–Kier alpha value is -1.85. The average molecular weight is 177 g/mol. The van der Waals surface area contributed by atoms with E-state index in [1.54, 1.807) is 12.1 Å². The molecule has 0 atom stereocenters. The van der Waals surface area contributed by atoms with Gasteiger partial charge in [-0.2, -0.15) is 5.10 Å². The summed E-state index contributed by atoms with van der Waals surface area (Å²) in [4.78, 5) is 10.8. The SMILES string of the molecule is CC(=O)Cc1ccc2nnnn2n1. The lowest BCUT2D eigenvalue weighted by atomic mass is 10.2. The van der Waals surface area contributed by atoms with Crippen molar-refractivity contribution in [2.75, 3.05) is 0 Å². The summed E-state index contributed by atoms with van der Waals surface area (Å²) in [6, 6.07) is 3.47. The predicted octanol–water partition coefficient (Wildman–Crippen LogP) is -0.349. The van der Waals surface area contributed by atoms with Gasteiger partial charge in [-0.25, -0.2) is 0 Å². The number of aromatic nitrogens is 5. The van der Waals surface area contributed by atoms with Crippen molar-refractivity contribution < 1.29 is 4.79 Å². The number of carbonyl (C=O) groups excluding carboxylic acids is 1. The Labute approximate surface area is 73.6 Å². The molecule has 0 aliphatic carbocycles. The van der Waals surface area contributed by atoms with Gasteiger partial charge in [0.05, 0.1) is 12.1 Å². The molecular weight excluding hydrogens is 170 g/mol. The van der Waals surface area contributed by atoms with Crippen molar-refractivity contribution in [3.8, 4) is 0 Å². The monoisotopic (exact) mass is 177 g/mol. The summed E-state index contributed by atoms with van der Waals surface area (Å²) in [6.45, 7) is 1.52. The third-order valence-electron chi connectivity index (χ3n) is 1.55. The molecule has 0 amide bonds. The zero-order valence-corrected chi connectivity index (χ0v) is 7.01. The van der Waals surface area contributed by atoms with Crippen molar-refractivity contribution in [3.05, 3.63) is 17.8 Å². The van der Waals surface area contributed by atoms with Crippen LogP contribution in [-0.2, 0) is 11.2 Å². The highest BCUT2D eigenvalue weighted by molar-refractivity contribution is 5.77. The molecule has 0 bridgehead atoms. The molecule has 2 rings (SSSR count). The van der Waals surface area contributed by atoms with Gasteiger partial charge in [0.1, 0.15) is 5.78 Å². The highest BCUT2D eigenvalue weighted by atomic mass is 16.1. The quantitative estimate of drug-likeness (QED) is 0.626. The van der Waals surface area contributed by atoms with Crippen LogP contribution >= 0.6 is 0 Å². The van der Waals surface area contributed by atoms with Crippen molar-refractivity contribution in [3.63, 3.8) is 0 Å². The Bertz CT molecular complexity index is 449. The fraction of sp³-hybridized carbons (Fsp3) is 0.286. The molecule has 0 radical (unpaired) electrons. The van der Waals surface area contributed by atoms with Gasteiger partial charge >= 0.3 is 0 Å². The molecule has 6 nitrogen and oxygen atoms in total. The molecule has 2 heterocycles. The molecule has 66 valence electrons. The van der Waals surface area contributed by atoms with Crippen LogP contribution in [0.5, 0.6) is 0 Å². The fourth-order valence-electron chi connectivity index (χ4n) is 1.04. The molecule has 13 heavy (non-hydrogen) atoms. The van der Waals surface area contributed by atoms with Crippen molar-refractivity contribution in [1.82, 2.24) is 25.3 Å². The summed E-state index contributed by atoms with van der Waals surface area (Å²) < 4.78 is 1.30. The average Bonchev–Trinajstić information content (AvgIpc) is 2.49. The second kappa shape index (κ2) is 2.89. The minimum absolute atomic E-state index is 0.0694. The van der Waals surface area contributed by atoms with Gasteiger partial charge in [0.15, 0.2) is 5.65 Å². The van der Waals surface area contributed by atoms with Crippen LogP contribution in [-0.4, -0.2) is 31.0 Å². The number of carbonyl (C=O) groups is 1. The van der Waals surface area contributed by atoms with E-state index in [2.05, 4.69) is 20.6 Å². The first kappa shape index (κ1) is 7.78. The number of hydrogen-bond acceptors (Lipinski definition) is 5. The highest BCUT2D eigenvalue weighted by Crippen LogP contribution is 1.98. The first-order chi connectivity index (χ1) is 6.25. The van der Waals surface area contributed by atoms with Gasteiger partial charge in [0, 0.05) is 0 Å². The number of tetrazole rings is 1. The van der Waals surface area contributed by atoms with Crippen molar-refractivity contribution in [2.24, 2.45) is 0 Å². The van der Waals surface area contributed by atoms with E-state index in [-0.39, 0.29) is 5.78 Å². The van der Waals surface area contributed by atoms with E-state index in [0.717, 1.165) is 0 Å². The van der Waals surface area contributed by atoms with E-state index in [9.17, 15) is 4.79 Å². The van der Waals surface area contributed by atoms with Crippen LogP contribution in [0, 0.1) is 0 Å². The number of ketones is 1. The van der Waals surface area contributed by atoms with Gasteiger partial charge < -0.3 is 0 Å².